The SMILES string of the molecule is N#Cc1cccc(S(=O)(=O)N2CCC(N)(C(=O)O)C2)c1. The molecule has 0 radical (unpaired) electrons. The van der Waals surface area contributed by atoms with Gasteiger partial charge in [-0.05, 0) is 24.6 Å². The van der Waals surface area contributed by atoms with E-state index in [0.717, 1.165) is 4.31 Å². The first-order valence-electron chi connectivity index (χ1n) is 5.82. The molecule has 20 heavy (non-hydrogen) atoms. The molecule has 1 atom stereocenters. The van der Waals surface area contributed by atoms with E-state index in [-0.39, 0.29) is 30.0 Å². The molecular weight excluding hydrogens is 282 g/mol. The van der Waals surface area contributed by atoms with E-state index in [9.17, 15) is 13.2 Å². The summed E-state index contributed by atoms with van der Waals surface area (Å²) in [5.41, 5.74) is 4.33. The average molecular weight is 295 g/mol. The van der Waals surface area contributed by atoms with Gasteiger partial charge in [-0.3, -0.25) is 4.79 Å². The molecule has 1 heterocycles. The molecule has 1 fully saturated rings. The van der Waals surface area contributed by atoms with Crippen molar-refractivity contribution in [1.82, 2.24) is 4.31 Å². The van der Waals surface area contributed by atoms with E-state index in [1.807, 2.05) is 6.07 Å². The van der Waals surface area contributed by atoms with Crippen molar-refractivity contribution in [3.63, 3.8) is 0 Å². The number of nitrogens with zero attached hydrogens (tertiary/aromatic N) is 2. The Hall–Kier alpha value is -1.95. The predicted octanol–water partition coefficient (Wildman–Crippen LogP) is -0.265. The number of hydrogen-bond donors (Lipinski definition) is 2. The van der Waals surface area contributed by atoms with Crippen molar-refractivity contribution in [2.75, 3.05) is 13.1 Å². The van der Waals surface area contributed by atoms with E-state index in [4.69, 9.17) is 16.1 Å². The minimum atomic E-state index is -3.84. The van der Waals surface area contributed by atoms with Crippen LogP contribution in [0.25, 0.3) is 0 Å². The van der Waals surface area contributed by atoms with Crippen LogP contribution in [-0.2, 0) is 14.8 Å². The summed E-state index contributed by atoms with van der Waals surface area (Å²) in [6.07, 6.45) is 0.0551. The summed E-state index contributed by atoms with van der Waals surface area (Å²) in [6.45, 7) is -0.233. The molecule has 106 valence electrons. The largest absolute Gasteiger partial charge is 0.480 e. The molecule has 1 aromatic rings. The molecule has 1 aromatic carbocycles. The van der Waals surface area contributed by atoms with Crippen LogP contribution in [0, 0.1) is 11.3 Å². The molecule has 1 aliphatic rings. The van der Waals surface area contributed by atoms with Gasteiger partial charge < -0.3 is 10.8 Å². The number of rotatable bonds is 3. The van der Waals surface area contributed by atoms with E-state index in [1.54, 1.807) is 0 Å². The standard InChI is InChI=1S/C12H13N3O4S/c13-7-9-2-1-3-10(6-9)20(18,19)15-5-4-12(14,8-15)11(16)17/h1-3,6H,4-5,8,14H2,(H,16,17). The third-order valence-electron chi connectivity index (χ3n) is 3.29. The fourth-order valence-corrected chi connectivity index (χ4v) is 3.61. The molecular formula is C12H13N3O4S. The Kier molecular flexibility index (Phi) is 3.52. The van der Waals surface area contributed by atoms with Crippen LogP contribution in [0.5, 0.6) is 0 Å². The zero-order chi connectivity index (χ0) is 15.0. The van der Waals surface area contributed by atoms with E-state index in [0.29, 0.717) is 0 Å². The Bertz CT molecular complexity index is 695. The maximum absolute atomic E-state index is 12.4. The molecule has 0 amide bonds. The summed E-state index contributed by atoms with van der Waals surface area (Å²) in [5.74, 6) is -1.22. The van der Waals surface area contributed by atoms with Crippen molar-refractivity contribution < 1.29 is 18.3 Å². The molecule has 0 spiro atoms. The van der Waals surface area contributed by atoms with Crippen LogP contribution < -0.4 is 5.73 Å². The molecule has 1 unspecified atom stereocenters. The Labute approximate surface area is 116 Å². The van der Waals surface area contributed by atoms with Crippen LogP contribution in [0.4, 0.5) is 0 Å². The summed E-state index contributed by atoms with van der Waals surface area (Å²) >= 11 is 0. The first-order chi connectivity index (χ1) is 9.29. The predicted molar refractivity (Wildman–Crippen MR) is 69.1 cm³/mol. The van der Waals surface area contributed by atoms with Gasteiger partial charge in [-0.2, -0.15) is 9.57 Å². The quantitative estimate of drug-likeness (QED) is 0.791. The van der Waals surface area contributed by atoms with Crippen molar-refractivity contribution >= 4 is 16.0 Å². The molecule has 7 nitrogen and oxygen atoms in total. The number of carboxylic acid groups (broad SMARTS) is 1. The number of benzene rings is 1. The van der Waals surface area contributed by atoms with Crippen LogP contribution >= 0.6 is 0 Å². The number of carbonyl (C=O) groups is 1. The molecule has 8 heteroatoms. The summed E-state index contributed by atoms with van der Waals surface area (Å²) < 4.78 is 25.8. The molecule has 3 N–H and O–H groups in total. The second-order valence-corrected chi connectivity index (χ2v) is 6.63. The highest BCUT2D eigenvalue weighted by molar-refractivity contribution is 7.89. The number of hydrogen-bond acceptors (Lipinski definition) is 5. The molecule has 0 saturated carbocycles. The zero-order valence-electron chi connectivity index (χ0n) is 10.5. The lowest BCUT2D eigenvalue weighted by molar-refractivity contribution is -0.142. The van der Waals surface area contributed by atoms with E-state index in [1.165, 1.54) is 24.3 Å². The van der Waals surface area contributed by atoms with Gasteiger partial charge >= 0.3 is 5.97 Å². The lowest BCUT2D eigenvalue weighted by Crippen LogP contribution is -2.50. The number of nitriles is 1. The Morgan fingerprint density at radius 3 is 2.75 bits per heavy atom. The van der Waals surface area contributed by atoms with E-state index in [2.05, 4.69) is 0 Å². The molecule has 2 rings (SSSR count). The summed E-state index contributed by atoms with van der Waals surface area (Å²) in [7, 11) is -3.84. The highest BCUT2D eigenvalue weighted by Crippen LogP contribution is 2.26. The van der Waals surface area contributed by atoms with Crippen LogP contribution in [0.15, 0.2) is 29.2 Å². The maximum atomic E-state index is 12.4. The third kappa shape index (κ3) is 2.38. The highest BCUT2D eigenvalue weighted by Gasteiger charge is 2.45. The van der Waals surface area contributed by atoms with Gasteiger partial charge in [0, 0.05) is 13.1 Å². The maximum Gasteiger partial charge on any atom is 0.325 e. The van der Waals surface area contributed by atoms with Gasteiger partial charge in [0.25, 0.3) is 0 Å². The lowest BCUT2D eigenvalue weighted by atomic mass is 10.0. The lowest BCUT2D eigenvalue weighted by Gasteiger charge is -2.20. The number of carboxylic acids is 1. The topological polar surface area (TPSA) is 124 Å². The molecule has 1 aliphatic heterocycles. The Morgan fingerprint density at radius 1 is 1.50 bits per heavy atom. The van der Waals surface area contributed by atoms with Crippen molar-refractivity contribution in [2.45, 2.75) is 16.9 Å². The zero-order valence-corrected chi connectivity index (χ0v) is 11.3. The average Bonchev–Trinajstić information content (AvgIpc) is 2.84. The second kappa shape index (κ2) is 4.86. The van der Waals surface area contributed by atoms with Gasteiger partial charge in [0.1, 0.15) is 5.54 Å². The summed E-state index contributed by atoms with van der Waals surface area (Å²) in [5, 5.41) is 17.8. The van der Waals surface area contributed by atoms with Crippen LogP contribution in [-0.4, -0.2) is 42.4 Å². The van der Waals surface area contributed by atoms with Gasteiger partial charge in [0.2, 0.25) is 10.0 Å². The fourth-order valence-electron chi connectivity index (χ4n) is 2.05. The van der Waals surface area contributed by atoms with Crippen LogP contribution in [0.3, 0.4) is 0 Å². The van der Waals surface area contributed by atoms with Gasteiger partial charge in [0.05, 0.1) is 16.5 Å². The number of aliphatic carboxylic acids is 1. The highest BCUT2D eigenvalue weighted by atomic mass is 32.2. The normalized spacial score (nSPS) is 23.4. The van der Waals surface area contributed by atoms with Crippen molar-refractivity contribution in [1.29, 1.82) is 5.26 Å². The first kappa shape index (κ1) is 14.5. The number of nitrogens with two attached hydrogens (primary N) is 1. The monoisotopic (exact) mass is 295 g/mol. The molecule has 0 aromatic heterocycles. The second-order valence-electron chi connectivity index (χ2n) is 4.69. The minimum Gasteiger partial charge on any atom is -0.480 e. The fraction of sp³-hybridized carbons (Fsp3) is 0.333. The Morgan fingerprint density at radius 2 is 2.20 bits per heavy atom. The van der Waals surface area contributed by atoms with Gasteiger partial charge in [0.15, 0.2) is 0 Å². The van der Waals surface area contributed by atoms with Gasteiger partial charge in [-0.25, -0.2) is 8.42 Å². The number of sulfonamides is 1. The molecule has 0 aliphatic carbocycles. The molecule has 0 bridgehead atoms. The van der Waals surface area contributed by atoms with Crippen LogP contribution in [0.1, 0.15) is 12.0 Å². The van der Waals surface area contributed by atoms with E-state index < -0.39 is 21.5 Å². The molecule has 1 saturated heterocycles. The van der Waals surface area contributed by atoms with Gasteiger partial charge in [-0.1, -0.05) is 6.07 Å². The first-order valence-corrected chi connectivity index (χ1v) is 7.26. The van der Waals surface area contributed by atoms with Crippen molar-refractivity contribution in [3.8, 4) is 6.07 Å². The van der Waals surface area contributed by atoms with Gasteiger partial charge in [-0.15, -0.1) is 0 Å². The Balaban J connectivity index is 2.33. The summed E-state index contributed by atoms with van der Waals surface area (Å²) in [4.78, 5) is 11.0. The summed E-state index contributed by atoms with van der Waals surface area (Å²) in [6, 6.07) is 7.45. The van der Waals surface area contributed by atoms with Crippen LogP contribution in [0.2, 0.25) is 0 Å². The third-order valence-corrected chi connectivity index (χ3v) is 5.13. The minimum absolute atomic E-state index is 0.0359. The smallest absolute Gasteiger partial charge is 0.325 e. The van der Waals surface area contributed by atoms with Crippen molar-refractivity contribution in [3.05, 3.63) is 29.8 Å². The van der Waals surface area contributed by atoms with E-state index >= 15 is 0 Å². The van der Waals surface area contributed by atoms with Crippen molar-refractivity contribution in [2.24, 2.45) is 5.73 Å².